The van der Waals surface area contributed by atoms with Gasteiger partial charge in [0.2, 0.25) is 0 Å². The van der Waals surface area contributed by atoms with Gasteiger partial charge in [-0.1, -0.05) is 188 Å². The van der Waals surface area contributed by atoms with E-state index in [0.717, 1.165) is 34.0 Å². The molecule has 3 heteroatoms. The van der Waals surface area contributed by atoms with Gasteiger partial charge < -0.3 is 14.0 Å². The van der Waals surface area contributed by atoms with Crippen LogP contribution in [0.25, 0.3) is 77.2 Å². The second-order valence-corrected chi connectivity index (χ2v) is 18.4. The van der Waals surface area contributed by atoms with E-state index < -0.39 is 5.41 Å². The molecule has 0 unspecified atom stereocenters. The summed E-state index contributed by atoms with van der Waals surface area (Å²) in [6, 6.07) is 100. The number of para-hydroxylation sites is 4. The predicted molar refractivity (Wildman–Crippen MR) is 293 cm³/mol. The minimum atomic E-state index is -0.472. The fourth-order valence-corrected chi connectivity index (χ4v) is 11.8. The number of hydrogen-bond acceptors (Lipinski definition) is 1. The molecule has 0 saturated carbocycles. The topological polar surface area (TPSA) is 13.1 Å². The number of hydrogen-bond donors (Lipinski definition) is 0. The number of nitrogens with zero attached hydrogens (tertiary/aromatic N) is 3. The van der Waals surface area contributed by atoms with E-state index in [0.29, 0.717) is 0 Å². The normalized spacial score (nSPS) is 12.7. The van der Waals surface area contributed by atoms with Gasteiger partial charge in [0.25, 0.3) is 0 Å². The average molecular weight is 892 g/mol. The van der Waals surface area contributed by atoms with E-state index in [1.165, 1.54) is 82.6 Å². The molecule has 13 aromatic rings. The zero-order valence-corrected chi connectivity index (χ0v) is 38.3. The second kappa shape index (κ2) is 16.0. The summed E-state index contributed by atoms with van der Waals surface area (Å²) in [5.74, 6) is 0. The number of rotatable bonds is 8. The summed E-state index contributed by atoms with van der Waals surface area (Å²) in [7, 11) is 0. The Bertz CT molecular complexity index is 3940. The SMILES string of the molecule is c1ccc(C2(c3ccccc3)c3ccccc3-c3cc(N(c4ccc(-c5ccc(-n6c7ccccc7c7ccccc76)cc5)cc4)c4ccc(-n5c6ccccc6c6ccccc65)cc4)ccc32)cc1. The number of benzene rings is 11. The van der Waals surface area contributed by atoms with E-state index >= 15 is 0 Å². The van der Waals surface area contributed by atoms with Gasteiger partial charge in [0, 0.05) is 50.0 Å². The Morgan fingerprint density at radius 2 is 0.629 bits per heavy atom. The molecule has 11 aromatic carbocycles. The highest BCUT2D eigenvalue weighted by Gasteiger charge is 2.46. The first-order chi connectivity index (χ1) is 34.7. The Balaban J connectivity index is 0.900. The molecule has 0 fully saturated rings. The van der Waals surface area contributed by atoms with Crippen molar-refractivity contribution in [2.75, 3.05) is 4.90 Å². The van der Waals surface area contributed by atoms with Gasteiger partial charge >= 0.3 is 0 Å². The first-order valence-electron chi connectivity index (χ1n) is 24.2. The van der Waals surface area contributed by atoms with Crippen LogP contribution in [0, 0.1) is 0 Å². The van der Waals surface area contributed by atoms with Crippen molar-refractivity contribution in [2.45, 2.75) is 5.41 Å². The van der Waals surface area contributed by atoms with Crippen molar-refractivity contribution in [3.05, 3.63) is 295 Å². The van der Waals surface area contributed by atoms with E-state index in [1.54, 1.807) is 0 Å². The molecule has 0 saturated heterocycles. The summed E-state index contributed by atoms with van der Waals surface area (Å²) < 4.78 is 4.76. The fraction of sp³-hybridized carbons (Fsp3) is 0.0149. The summed E-state index contributed by atoms with van der Waals surface area (Å²) in [6.07, 6.45) is 0. The minimum absolute atomic E-state index is 0.472. The molecule has 1 aliphatic rings. The van der Waals surface area contributed by atoms with Crippen LogP contribution >= 0.6 is 0 Å². The molecule has 0 aliphatic heterocycles. The molecule has 3 nitrogen and oxygen atoms in total. The third-order valence-corrected chi connectivity index (χ3v) is 14.8. The third kappa shape index (κ3) is 6.01. The quantitative estimate of drug-likeness (QED) is 0.148. The largest absolute Gasteiger partial charge is 0.310 e. The Morgan fingerprint density at radius 3 is 1.11 bits per heavy atom. The van der Waals surface area contributed by atoms with E-state index in [4.69, 9.17) is 0 Å². The smallest absolute Gasteiger partial charge is 0.0713 e. The van der Waals surface area contributed by atoms with Crippen molar-refractivity contribution in [1.29, 1.82) is 0 Å². The van der Waals surface area contributed by atoms with E-state index in [2.05, 4.69) is 287 Å². The molecule has 328 valence electrons. The third-order valence-electron chi connectivity index (χ3n) is 14.8. The van der Waals surface area contributed by atoms with Gasteiger partial charge in [0.1, 0.15) is 0 Å². The fourth-order valence-electron chi connectivity index (χ4n) is 11.8. The van der Waals surface area contributed by atoms with E-state index in [1.807, 2.05) is 0 Å². The molecular weight excluding hydrogens is 847 g/mol. The molecule has 1 aliphatic carbocycles. The summed E-state index contributed by atoms with van der Waals surface area (Å²) in [4.78, 5) is 2.42. The summed E-state index contributed by atoms with van der Waals surface area (Å²) in [5, 5.41) is 5.04. The van der Waals surface area contributed by atoms with Gasteiger partial charge in [-0.2, -0.15) is 0 Å². The maximum absolute atomic E-state index is 2.42. The highest BCUT2D eigenvalue weighted by molar-refractivity contribution is 6.10. The van der Waals surface area contributed by atoms with E-state index in [9.17, 15) is 0 Å². The van der Waals surface area contributed by atoms with Gasteiger partial charge in [0.15, 0.2) is 0 Å². The first kappa shape index (κ1) is 39.9. The van der Waals surface area contributed by atoms with Gasteiger partial charge in [-0.05, 0) is 129 Å². The molecule has 0 radical (unpaired) electrons. The van der Waals surface area contributed by atoms with Crippen molar-refractivity contribution >= 4 is 60.7 Å². The highest BCUT2D eigenvalue weighted by Crippen LogP contribution is 2.57. The van der Waals surface area contributed by atoms with Gasteiger partial charge in [-0.25, -0.2) is 0 Å². The number of aromatic nitrogens is 2. The van der Waals surface area contributed by atoms with Crippen LogP contribution < -0.4 is 4.90 Å². The highest BCUT2D eigenvalue weighted by atomic mass is 15.1. The number of fused-ring (bicyclic) bond motifs is 9. The summed E-state index contributed by atoms with van der Waals surface area (Å²) >= 11 is 0. The van der Waals surface area contributed by atoms with Crippen LogP contribution in [0.2, 0.25) is 0 Å². The van der Waals surface area contributed by atoms with Crippen molar-refractivity contribution in [1.82, 2.24) is 9.13 Å². The molecular formula is C67H45N3. The summed E-state index contributed by atoms with van der Waals surface area (Å²) in [6.45, 7) is 0. The maximum Gasteiger partial charge on any atom is 0.0713 e. The molecule has 0 amide bonds. The lowest BCUT2D eigenvalue weighted by Gasteiger charge is -2.34. The standard InChI is InChI=1S/C67H45N3/c1-3-17-48(18-4-1)67(49-19-5-2-6-20-49)61-26-12-7-21-55(61)60-45-54(43-44-62(60)67)68(51-39-41-53(42-40-51)70-65-29-15-10-24-58(65)59-25-11-16-30-66(59)70)50-35-31-46(32-36-50)47-33-37-52(38-34-47)69-63-27-13-8-22-56(63)57-23-9-14-28-64(57)69/h1-45H. The van der Waals surface area contributed by atoms with Crippen molar-refractivity contribution in [2.24, 2.45) is 0 Å². The minimum Gasteiger partial charge on any atom is -0.310 e. The average Bonchev–Trinajstić information content (AvgIpc) is 4.06. The first-order valence-corrected chi connectivity index (χ1v) is 24.2. The van der Waals surface area contributed by atoms with Crippen molar-refractivity contribution in [3.8, 4) is 33.6 Å². The molecule has 14 rings (SSSR count). The second-order valence-electron chi connectivity index (χ2n) is 18.4. The maximum atomic E-state index is 2.42. The summed E-state index contributed by atoms with van der Waals surface area (Å²) in [5.41, 5.74) is 19.8. The molecule has 2 aromatic heterocycles. The van der Waals surface area contributed by atoms with Gasteiger partial charge in [-0.15, -0.1) is 0 Å². The van der Waals surface area contributed by atoms with Gasteiger partial charge in [0.05, 0.1) is 27.5 Å². The van der Waals surface area contributed by atoms with E-state index in [-0.39, 0.29) is 0 Å². The van der Waals surface area contributed by atoms with Crippen LogP contribution in [-0.4, -0.2) is 9.13 Å². The molecule has 70 heavy (non-hydrogen) atoms. The van der Waals surface area contributed by atoms with Crippen LogP contribution in [0.1, 0.15) is 22.3 Å². The van der Waals surface area contributed by atoms with Crippen LogP contribution in [0.15, 0.2) is 273 Å². The Hall–Kier alpha value is -9.18. The zero-order chi connectivity index (χ0) is 46.2. The lowest BCUT2D eigenvalue weighted by atomic mass is 9.68. The van der Waals surface area contributed by atoms with Gasteiger partial charge in [-0.3, -0.25) is 0 Å². The van der Waals surface area contributed by atoms with Crippen molar-refractivity contribution < 1.29 is 0 Å². The van der Waals surface area contributed by atoms with Crippen LogP contribution in [0.5, 0.6) is 0 Å². The Kier molecular flexibility index (Phi) is 9.11. The van der Waals surface area contributed by atoms with Crippen molar-refractivity contribution in [3.63, 3.8) is 0 Å². The molecule has 0 N–H and O–H groups in total. The molecule has 0 bridgehead atoms. The Labute approximate surface area is 407 Å². The van der Waals surface area contributed by atoms with Crippen LogP contribution in [-0.2, 0) is 5.41 Å². The number of anilines is 3. The predicted octanol–water partition coefficient (Wildman–Crippen LogP) is 17.4. The lowest BCUT2D eigenvalue weighted by Crippen LogP contribution is -2.28. The monoisotopic (exact) mass is 891 g/mol. The zero-order valence-electron chi connectivity index (χ0n) is 38.3. The lowest BCUT2D eigenvalue weighted by molar-refractivity contribution is 0.768. The van der Waals surface area contributed by atoms with Crippen LogP contribution in [0.3, 0.4) is 0 Å². The van der Waals surface area contributed by atoms with Crippen LogP contribution in [0.4, 0.5) is 17.1 Å². The molecule has 0 atom stereocenters. The molecule has 0 spiro atoms. The Morgan fingerprint density at radius 1 is 0.271 bits per heavy atom. The molecule has 2 heterocycles.